The van der Waals surface area contributed by atoms with E-state index in [1.807, 2.05) is 0 Å². The molecule has 0 aromatic rings. The molecule has 0 aliphatic carbocycles. The molecule has 1 heterocycles. The van der Waals surface area contributed by atoms with Gasteiger partial charge in [0, 0.05) is 13.1 Å². The van der Waals surface area contributed by atoms with Gasteiger partial charge in [-0.3, -0.25) is 4.90 Å². The smallest absolute Gasteiger partial charge is 0.371 e. The minimum absolute atomic E-state index is 0. The van der Waals surface area contributed by atoms with Crippen molar-refractivity contribution < 1.29 is 19.4 Å². The predicted octanol–water partition coefficient (Wildman–Crippen LogP) is 0.869. The van der Waals surface area contributed by atoms with E-state index in [9.17, 15) is 4.79 Å². The number of morpholine rings is 1. The van der Waals surface area contributed by atoms with E-state index in [1.165, 1.54) is 0 Å². The maximum absolute atomic E-state index is 10.4. The van der Waals surface area contributed by atoms with Crippen LogP contribution in [0.1, 0.15) is 0 Å². The lowest BCUT2D eigenvalue weighted by Gasteiger charge is -2.26. The SMILES string of the molecule is C=C(CN1CCOCC1)OC(=C)C(=O)O.Cl. The molecule has 6 heteroatoms. The van der Waals surface area contributed by atoms with E-state index < -0.39 is 5.97 Å². The molecular weight excluding hydrogens is 234 g/mol. The maximum Gasteiger partial charge on any atom is 0.371 e. The quantitative estimate of drug-likeness (QED) is 0.579. The number of carbonyl (C=O) groups is 1. The van der Waals surface area contributed by atoms with Crippen molar-refractivity contribution in [2.45, 2.75) is 0 Å². The highest BCUT2D eigenvalue weighted by atomic mass is 35.5. The largest absolute Gasteiger partial charge is 0.475 e. The molecule has 16 heavy (non-hydrogen) atoms. The molecule has 1 aliphatic rings. The van der Waals surface area contributed by atoms with Crippen molar-refractivity contribution in [1.29, 1.82) is 0 Å². The summed E-state index contributed by atoms with van der Waals surface area (Å²) in [6, 6.07) is 0. The lowest BCUT2D eigenvalue weighted by molar-refractivity contribution is -0.135. The lowest BCUT2D eigenvalue weighted by atomic mass is 10.4. The fourth-order valence-electron chi connectivity index (χ4n) is 1.26. The van der Waals surface area contributed by atoms with Crippen molar-refractivity contribution in [3.05, 3.63) is 24.7 Å². The molecule has 1 aliphatic heterocycles. The van der Waals surface area contributed by atoms with Gasteiger partial charge in [-0.25, -0.2) is 4.79 Å². The summed E-state index contributed by atoms with van der Waals surface area (Å²) in [5, 5.41) is 8.54. The number of rotatable bonds is 5. The lowest BCUT2D eigenvalue weighted by Crippen LogP contribution is -2.37. The molecule has 0 aromatic heterocycles. The monoisotopic (exact) mass is 249 g/mol. The second-order valence-corrected chi connectivity index (χ2v) is 3.26. The molecular formula is C10H16ClNO4. The second kappa shape index (κ2) is 7.27. The summed E-state index contributed by atoms with van der Waals surface area (Å²) >= 11 is 0. The number of aliphatic carboxylic acids is 1. The van der Waals surface area contributed by atoms with Crippen molar-refractivity contribution in [3.8, 4) is 0 Å². The van der Waals surface area contributed by atoms with Gasteiger partial charge < -0.3 is 14.6 Å². The number of ether oxygens (including phenoxy) is 2. The Morgan fingerprint density at radius 3 is 2.44 bits per heavy atom. The standard InChI is InChI=1S/C10H15NO4.ClH/c1-8(15-9(2)10(12)13)7-11-3-5-14-6-4-11;/h1-7H2,(H,12,13);1H. The fourth-order valence-corrected chi connectivity index (χ4v) is 1.26. The number of carboxylic acids is 1. The first kappa shape index (κ1) is 15.0. The summed E-state index contributed by atoms with van der Waals surface area (Å²) in [4.78, 5) is 12.5. The van der Waals surface area contributed by atoms with Gasteiger partial charge in [-0.1, -0.05) is 6.58 Å². The van der Waals surface area contributed by atoms with Gasteiger partial charge in [0.2, 0.25) is 5.76 Å². The Hall–Kier alpha value is -1.04. The Kier molecular flexibility index (Phi) is 6.80. The Labute approximate surface area is 101 Å². The van der Waals surface area contributed by atoms with Crippen molar-refractivity contribution >= 4 is 18.4 Å². The molecule has 92 valence electrons. The zero-order chi connectivity index (χ0) is 11.3. The third-order valence-corrected chi connectivity index (χ3v) is 2.01. The average Bonchev–Trinajstić information content (AvgIpc) is 2.18. The first-order valence-electron chi connectivity index (χ1n) is 4.67. The van der Waals surface area contributed by atoms with Gasteiger partial charge in [0.05, 0.1) is 19.8 Å². The minimum Gasteiger partial charge on any atom is -0.475 e. The van der Waals surface area contributed by atoms with Gasteiger partial charge in [0.1, 0.15) is 5.76 Å². The number of nitrogens with zero attached hydrogens (tertiary/aromatic N) is 1. The number of carboxylic acid groups (broad SMARTS) is 1. The van der Waals surface area contributed by atoms with Gasteiger partial charge in [0.15, 0.2) is 0 Å². The summed E-state index contributed by atoms with van der Waals surface area (Å²) < 4.78 is 10.1. The number of hydrogen-bond donors (Lipinski definition) is 1. The van der Waals surface area contributed by atoms with Crippen LogP contribution in [-0.2, 0) is 14.3 Å². The van der Waals surface area contributed by atoms with E-state index in [1.54, 1.807) is 0 Å². The maximum atomic E-state index is 10.4. The Morgan fingerprint density at radius 1 is 1.38 bits per heavy atom. The molecule has 0 unspecified atom stereocenters. The van der Waals surface area contributed by atoms with Gasteiger partial charge in [-0.2, -0.15) is 0 Å². The molecule has 1 N–H and O–H groups in total. The first-order chi connectivity index (χ1) is 7.09. The molecule has 0 saturated carbocycles. The van der Waals surface area contributed by atoms with Crippen LogP contribution in [0, 0.1) is 0 Å². The second-order valence-electron chi connectivity index (χ2n) is 3.26. The van der Waals surface area contributed by atoms with Gasteiger partial charge in [-0.15, -0.1) is 12.4 Å². The molecule has 1 saturated heterocycles. The molecule has 0 aromatic carbocycles. The summed E-state index contributed by atoms with van der Waals surface area (Å²) in [6.07, 6.45) is 0. The summed E-state index contributed by atoms with van der Waals surface area (Å²) in [5.74, 6) is -1.07. The van der Waals surface area contributed by atoms with Crippen LogP contribution in [0.3, 0.4) is 0 Å². The average molecular weight is 250 g/mol. The van der Waals surface area contributed by atoms with E-state index in [0.29, 0.717) is 25.5 Å². The highest BCUT2D eigenvalue weighted by Crippen LogP contribution is 2.06. The fraction of sp³-hybridized carbons (Fsp3) is 0.500. The van der Waals surface area contributed by atoms with Crippen LogP contribution in [0.4, 0.5) is 0 Å². The van der Waals surface area contributed by atoms with Crippen LogP contribution in [0.25, 0.3) is 0 Å². The predicted molar refractivity (Wildman–Crippen MR) is 61.5 cm³/mol. The van der Waals surface area contributed by atoms with E-state index in [-0.39, 0.29) is 18.2 Å². The van der Waals surface area contributed by atoms with Crippen LogP contribution >= 0.6 is 12.4 Å². The Bertz CT molecular complexity index is 274. The molecule has 0 amide bonds. The zero-order valence-corrected chi connectivity index (χ0v) is 9.79. The summed E-state index contributed by atoms with van der Waals surface area (Å²) in [5.41, 5.74) is 0. The normalized spacial score (nSPS) is 16.0. The highest BCUT2D eigenvalue weighted by Gasteiger charge is 2.13. The van der Waals surface area contributed by atoms with Gasteiger partial charge >= 0.3 is 5.97 Å². The molecule has 0 spiro atoms. The Morgan fingerprint density at radius 2 is 1.94 bits per heavy atom. The Balaban J connectivity index is 0.00000225. The summed E-state index contributed by atoms with van der Waals surface area (Å²) in [7, 11) is 0. The van der Waals surface area contributed by atoms with Crippen LogP contribution in [0.5, 0.6) is 0 Å². The number of halogens is 1. The van der Waals surface area contributed by atoms with E-state index >= 15 is 0 Å². The van der Waals surface area contributed by atoms with Gasteiger partial charge in [-0.05, 0) is 6.58 Å². The van der Waals surface area contributed by atoms with Gasteiger partial charge in [0.25, 0.3) is 0 Å². The molecule has 1 fully saturated rings. The third kappa shape index (κ3) is 5.16. The van der Waals surface area contributed by atoms with Crippen LogP contribution in [0.15, 0.2) is 24.7 Å². The topological polar surface area (TPSA) is 59.0 Å². The first-order valence-corrected chi connectivity index (χ1v) is 4.67. The van der Waals surface area contributed by atoms with Crippen LogP contribution in [0.2, 0.25) is 0 Å². The number of hydrogen-bond acceptors (Lipinski definition) is 4. The zero-order valence-electron chi connectivity index (χ0n) is 8.98. The van der Waals surface area contributed by atoms with Crippen molar-refractivity contribution in [3.63, 3.8) is 0 Å². The van der Waals surface area contributed by atoms with Crippen molar-refractivity contribution in [2.75, 3.05) is 32.8 Å². The van der Waals surface area contributed by atoms with Crippen molar-refractivity contribution in [2.24, 2.45) is 0 Å². The highest BCUT2D eigenvalue weighted by molar-refractivity contribution is 5.85. The molecule has 0 radical (unpaired) electrons. The molecule has 0 atom stereocenters. The van der Waals surface area contributed by atoms with E-state index in [0.717, 1.165) is 13.1 Å². The van der Waals surface area contributed by atoms with Crippen molar-refractivity contribution in [1.82, 2.24) is 4.90 Å². The molecule has 1 rings (SSSR count). The van der Waals surface area contributed by atoms with Crippen LogP contribution in [-0.4, -0.2) is 48.8 Å². The van der Waals surface area contributed by atoms with Crippen LogP contribution < -0.4 is 0 Å². The van der Waals surface area contributed by atoms with E-state index in [2.05, 4.69) is 18.1 Å². The molecule has 5 nitrogen and oxygen atoms in total. The molecule has 0 bridgehead atoms. The van der Waals surface area contributed by atoms with E-state index in [4.69, 9.17) is 14.6 Å². The minimum atomic E-state index is -1.17. The summed E-state index contributed by atoms with van der Waals surface area (Å²) in [6.45, 7) is 10.4. The third-order valence-electron chi connectivity index (χ3n) is 2.01.